The first-order valence-electron chi connectivity index (χ1n) is 7.45. The number of nitrogens with zero attached hydrogens (tertiary/aromatic N) is 4. The zero-order chi connectivity index (χ0) is 16.5. The number of carbonyl (C=O) groups is 1. The van der Waals surface area contributed by atoms with E-state index < -0.39 is 5.91 Å². The average Bonchev–Trinajstić information content (AvgIpc) is 3.13. The molecule has 0 aromatic carbocycles. The Labute approximate surface area is 135 Å². The molecule has 24 heavy (non-hydrogen) atoms. The van der Waals surface area contributed by atoms with E-state index in [1.54, 1.807) is 0 Å². The highest BCUT2D eigenvalue weighted by Crippen LogP contribution is 2.40. The summed E-state index contributed by atoms with van der Waals surface area (Å²) >= 11 is 0. The number of hydrogen-bond acceptors (Lipinski definition) is 7. The molecule has 0 aliphatic heterocycles. The second-order valence-corrected chi connectivity index (χ2v) is 5.54. The van der Waals surface area contributed by atoms with Gasteiger partial charge in [-0.3, -0.25) is 4.79 Å². The minimum atomic E-state index is -0.405. The standard InChI is InChI=1S/C15H13N5O4/c21-15(10-2-1-5-20(22)8-10)16-7-13-17-14(19-24-13)11-6-12(23-18-11)9-3-4-9/h1-2,5-6,8-9H,3-4,7H2,(H,16,21). The van der Waals surface area contributed by atoms with Crippen LogP contribution in [0, 0.1) is 5.21 Å². The first-order valence-corrected chi connectivity index (χ1v) is 7.45. The van der Waals surface area contributed by atoms with Crippen molar-refractivity contribution in [1.29, 1.82) is 0 Å². The van der Waals surface area contributed by atoms with Gasteiger partial charge in [-0.2, -0.15) is 9.71 Å². The van der Waals surface area contributed by atoms with Crippen molar-refractivity contribution in [2.24, 2.45) is 0 Å². The minimum Gasteiger partial charge on any atom is -0.619 e. The lowest BCUT2D eigenvalue weighted by Crippen LogP contribution is -2.29. The van der Waals surface area contributed by atoms with E-state index in [1.165, 1.54) is 24.5 Å². The predicted octanol–water partition coefficient (Wildman–Crippen LogP) is 1.17. The predicted molar refractivity (Wildman–Crippen MR) is 78.3 cm³/mol. The van der Waals surface area contributed by atoms with Crippen molar-refractivity contribution in [2.45, 2.75) is 25.3 Å². The molecule has 9 nitrogen and oxygen atoms in total. The van der Waals surface area contributed by atoms with Crippen LogP contribution in [0.5, 0.6) is 0 Å². The normalized spacial score (nSPS) is 13.8. The van der Waals surface area contributed by atoms with Crippen LogP contribution in [0.3, 0.4) is 0 Å². The zero-order valence-corrected chi connectivity index (χ0v) is 12.5. The van der Waals surface area contributed by atoms with Crippen molar-refractivity contribution in [2.75, 3.05) is 0 Å². The van der Waals surface area contributed by atoms with Gasteiger partial charge in [0.25, 0.3) is 5.91 Å². The maximum absolute atomic E-state index is 12.0. The van der Waals surface area contributed by atoms with E-state index in [2.05, 4.69) is 20.6 Å². The van der Waals surface area contributed by atoms with Crippen LogP contribution in [-0.4, -0.2) is 21.2 Å². The van der Waals surface area contributed by atoms with Gasteiger partial charge in [-0.25, -0.2) is 0 Å². The minimum absolute atomic E-state index is 0.0485. The van der Waals surface area contributed by atoms with Gasteiger partial charge < -0.3 is 19.6 Å². The highest BCUT2D eigenvalue weighted by atomic mass is 16.5. The summed E-state index contributed by atoms with van der Waals surface area (Å²) in [5.74, 6) is 1.43. The Bertz CT molecular complexity index is 883. The maximum Gasteiger partial charge on any atom is 0.257 e. The quantitative estimate of drug-likeness (QED) is 0.551. The third-order valence-corrected chi connectivity index (χ3v) is 3.64. The third-order valence-electron chi connectivity index (χ3n) is 3.64. The van der Waals surface area contributed by atoms with Gasteiger partial charge in [-0.1, -0.05) is 10.3 Å². The van der Waals surface area contributed by atoms with Crippen LogP contribution < -0.4 is 10.0 Å². The molecule has 1 saturated carbocycles. The lowest BCUT2D eigenvalue weighted by atomic mass is 10.2. The van der Waals surface area contributed by atoms with E-state index in [0.717, 1.165) is 18.6 Å². The Morgan fingerprint density at radius 1 is 1.38 bits per heavy atom. The van der Waals surface area contributed by atoms with Crippen LogP contribution in [-0.2, 0) is 6.54 Å². The van der Waals surface area contributed by atoms with Crippen molar-refractivity contribution in [3.8, 4) is 11.5 Å². The Kier molecular flexibility index (Phi) is 3.45. The van der Waals surface area contributed by atoms with Gasteiger partial charge in [0.2, 0.25) is 11.7 Å². The molecule has 3 aromatic heterocycles. The second-order valence-electron chi connectivity index (χ2n) is 5.54. The lowest BCUT2D eigenvalue weighted by molar-refractivity contribution is -0.605. The van der Waals surface area contributed by atoms with Gasteiger partial charge in [-0.15, -0.1) is 0 Å². The van der Waals surface area contributed by atoms with Crippen LogP contribution >= 0.6 is 0 Å². The molecule has 1 aliphatic rings. The van der Waals surface area contributed by atoms with Crippen molar-refractivity contribution >= 4 is 5.91 Å². The average molecular weight is 327 g/mol. The second kappa shape index (κ2) is 5.76. The molecular weight excluding hydrogens is 314 g/mol. The number of carbonyl (C=O) groups excluding carboxylic acids is 1. The lowest BCUT2D eigenvalue weighted by Gasteiger charge is -2.01. The SMILES string of the molecule is O=C(NCc1nc(-c2cc(C3CC3)on2)no1)c1ccc[n+]([O-])c1. The van der Waals surface area contributed by atoms with E-state index in [4.69, 9.17) is 9.05 Å². The number of pyridine rings is 1. The molecule has 1 fully saturated rings. The Balaban J connectivity index is 1.40. The topological polar surface area (TPSA) is 121 Å². The molecule has 0 atom stereocenters. The summed E-state index contributed by atoms with van der Waals surface area (Å²) < 4.78 is 10.9. The highest BCUT2D eigenvalue weighted by Gasteiger charge is 2.28. The molecule has 1 N–H and O–H groups in total. The first kappa shape index (κ1) is 14.4. The van der Waals surface area contributed by atoms with E-state index >= 15 is 0 Å². The van der Waals surface area contributed by atoms with Crippen molar-refractivity contribution in [3.05, 3.63) is 53.0 Å². The molecule has 0 radical (unpaired) electrons. The molecule has 0 bridgehead atoms. The van der Waals surface area contributed by atoms with Crippen LogP contribution in [0.4, 0.5) is 0 Å². The Morgan fingerprint density at radius 2 is 2.25 bits per heavy atom. The molecule has 0 saturated heterocycles. The van der Waals surface area contributed by atoms with E-state index in [-0.39, 0.29) is 18.0 Å². The highest BCUT2D eigenvalue weighted by molar-refractivity contribution is 5.93. The summed E-state index contributed by atoms with van der Waals surface area (Å²) in [4.78, 5) is 16.1. The van der Waals surface area contributed by atoms with E-state index in [0.29, 0.717) is 22.2 Å². The van der Waals surface area contributed by atoms with Gasteiger partial charge in [0, 0.05) is 18.1 Å². The fourth-order valence-corrected chi connectivity index (χ4v) is 2.23. The Morgan fingerprint density at radius 3 is 3.04 bits per heavy atom. The molecular formula is C15H13N5O4. The smallest absolute Gasteiger partial charge is 0.257 e. The fraction of sp³-hybridized carbons (Fsp3) is 0.267. The third kappa shape index (κ3) is 2.96. The molecule has 0 spiro atoms. The van der Waals surface area contributed by atoms with E-state index in [1.807, 2.05) is 6.07 Å². The van der Waals surface area contributed by atoms with Gasteiger partial charge in [0.05, 0.1) is 6.54 Å². The Hall–Kier alpha value is -3.23. The van der Waals surface area contributed by atoms with Crippen molar-refractivity contribution in [1.82, 2.24) is 20.6 Å². The molecule has 0 unspecified atom stereocenters. The zero-order valence-electron chi connectivity index (χ0n) is 12.5. The number of aromatic nitrogens is 4. The summed E-state index contributed by atoms with van der Waals surface area (Å²) in [6, 6.07) is 4.84. The summed E-state index contributed by atoms with van der Waals surface area (Å²) in [7, 11) is 0. The summed E-state index contributed by atoms with van der Waals surface area (Å²) in [5.41, 5.74) is 0.756. The van der Waals surface area contributed by atoms with Crippen molar-refractivity contribution in [3.63, 3.8) is 0 Å². The first-order chi connectivity index (χ1) is 11.7. The van der Waals surface area contributed by atoms with Gasteiger partial charge in [-0.05, 0) is 18.9 Å². The maximum atomic E-state index is 12.0. The van der Waals surface area contributed by atoms with Crippen LogP contribution in [0.2, 0.25) is 0 Å². The molecule has 9 heteroatoms. The van der Waals surface area contributed by atoms with Crippen LogP contribution in [0.1, 0.15) is 40.8 Å². The molecule has 1 aliphatic carbocycles. The fourth-order valence-electron chi connectivity index (χ4n) is 2.23. The van der Waals surface area contributed by atoms with E-state index in [9.17, 15) is 10.0 Å². The summed E-state index contributed by atoms with van der Waals surface area (Å²) in [5, 5.41) is 21.5. The largest absolute Gasteiger partial charge is 0.619 e. The molecule has 1 amide bonds. The van der Waals surface area contributed by atoms with Gasteiger partial charge in [0.15, 0.2) is 18.1 Å². The number of nitrogens with one attached hydrogen (secondary N) is 1. The van der Waals surface area contributed by atoms with Gasteiger partial charge >= 0.3 is 0 Å². The number of rotatable bonds is 5. The van der Waals surface area contributed by atoms with Gasteiger partial charge in [0.1, 0.15) is 11.3 Å². The molecule has 4 rings (SSSR count). The molecule has 3 heterocycles. The van der Waals surface area contributed by atoms with Crippen LogP contribution in [0.25, 0.3) is 11.5 Å². The number of hydrogen-bond donors (Lipinski definition) is 1. The van der Waals surface area contributed by atoms with Crippen LogP contribution in [0.15, 0.2) is 39.6 Å². The summed E-state index contributed by atoms with van der Waals surface area (Å²) in [6.07, 6.45) is 4.71. The molecule has 3 aromatic rings. The van der Waals surface area contributed by atoms with Crippen molar-refractivity contribution < 1.29 is 18.6 Å². The molecule has 122 valence electrons. The monoisotopic (exact) mass is 327 g/mol. The summed E-state index contributed by atoms with van der Waals surface area (Å²) in [6.45, 7) is 0.0485. The number of amides is 1.